The molecule has 1 unspecified atom stereocenters. The highest BCUT2D eigenvalue weighted by Gasteiger charge is 2.34. The second-order valence-corrected chi connectivity index (χ2v) is 8.95. The molecule has 0 radical (unpaired) electrons. The minimum Gasteiger partial charge on any atom is -0.484 e. The second-order valence-electron chi connectivity index (χ2n) is 6.72. The molecule has 1 heterocycles. The van der Waals surface area contributed by atoms with Crippen molar-refractivity contribution in [2.45, 2.75) is 45.1 Å². The van der Waals surface area contributed by atoms with E-state index in [-0.39, 0.29) is 30.1 Å². The molecule has 0 aromatic heterocycles. The molecule has 1 aliphatic heterocycles. The molecule has 0 saturated carbocycles. The first-order chi connectivity index (χ1) is 11.5. The second kappa shape index (κ2) is 7.13. The van der Waals surface area contributed by atoms with Crippen molar-refractivity contribution in [3.05, 3.63) is 29.3 Å². The molecule has 132 valence electrons. The van der Waals surface area contributed by atoms with Crippen LogP contribution in [0.25, 0.3) is 0 Å². The van der Waals surface area contributed by atoms with Crippen molar-refractivity contribution in [3.63, 3.8) is 0 Å². The molecule has 24 heavy (non-hydrogen) atoms. The average molecular weight is 351 g/mol. The summed E-state index contributed by atoms with van der Waals surface area (Å²) in [5.41, 5.74) is 2.68. The van der Waals surface area contributed by atoms with Crippen molar-refractivity contribution < 1.29 is 17.9 Å². The first-order valence-corrected chi connectivity index (χ1v) is 10.5. The van der Waals surface area contributed by atoms with Crippen LogP contribution < -0.4 is 4.74 Å². The molecule has 1 aromatic rings. The first kappa shape index (κ1) is 17.3. The van der Waals surface area contributed by atoms with Crippen LogP contribution in [0.1, 0.15) is 37.3 Å². The number of nitrogens with zero attached hydrogens (tertiary/aromatic N) is 1. The van der Waals surface area contributed by atoms with E-state index in [2.05, 4.69) is 6.07 Å². The minimum atomic E-state index is -3.00. The van der Waals surface area contributed by atoms with Crippen LogP contribution in [0.4, 0.5) is 0 Å². The van der Waals surface area contributed by atoms with Crippen LogP contribution in [-0.2, 0) is 27.5 Å². The molecule has 2 aliphatic rings. The Morgan fingerprint density at radius 3 is 2.79 bits per heavy atom. The maximum absolute atomic E-state index is 12.5. The summed E-state index contributed by atoms with van der Waals surface area (Å²) in [6, 6.07) is 5.82. The molecule has 1 aromatic carbocycles. The van der Waals surface area contributed by atoms with E-state index < -0.39 is 9.84 Å². The normalized spacial score (nSPS) is 21.5. The standard InChI is InChI=1S/C18H25NO4S/c1-2-9-19(16-8-10-24(21,22)13-16)18(20)12-23-17-7-6-14-4-3-5-15(14)11-17/h6-7,11,16H,2-5,8-10,12-13H2,1H3. The van der Waals surface area contributed by atoms with Gasteiger partial charge in [-0.3, -0.25) is 4.79 Å². The van der Waals surface area contributed by atoms with Gasteiger partial charge in [-0.15, -0.1) is 0 Å². The van der Waals surface area contributed by atoms with Crippen LogP contribution in [0.15, 0.2) is 18.2 Å². The zero-order chi connectivity index (χ0) is 17.2. The zero-order valence-corrected chi connectivity index (χ0v) is 15.0. The Bertz CT molecular complexity index is 714. The Hall–Kier alpha value is -1.56. The van der Waals surface area contributed by atoms with E-state index in [1.165, 1.54) is 17.5 Å². The summed E-state index contributed by atoms with van der Waals surface area (Å²) >= 11 is 0. The Balaban J connectivity index is 1.61. The summed E-state index contributed by atoms with van der Waals surface area (Å²) < 4.78 is 29.1. The molecule has 3 rings (SSSR count). The van der Waals surface area contributed by atoms with Crippen molar-refractivity contribution in [3.8, 4) is 5.75 Å². The van der Waals surface area contributed by atoms with Gasteiger partial charge in [0.15, 0.2) is 16.4 Å². The van der Waals surface area contributed by atoms with Crippen LogP contribution in [0.3, 0.4) is 0 Å². The van der Waals surface area contributed by atoms with Gasteiger partial charge in [-0.25, -0.2) is 8.42 Å². The lowest BCUT2D eigenvalue weighted by Gasteiger charge is -2.27. The van der Waals surface area contributed by atoms with Gasteiger partial charge in [-0.05, 0) is 55.4 Å². The highest BCUT2D eigenvalue weighted by atomic mass is 32.2. The highest BCUT2D eigenvalue weighted by Crippen LogP contribution is 2.26. The quantitative estimate of drug-likeness (QED) is 0.786. The lowest BCUT2D eigenvalue weighted by molar-refractivity contribution is -0.135. The third-order valence-electron chi connectivity index (χ3n) is 4.87. The van der Waals surface area contributed by atoms with Crippen molar-refractivity contribution in [1.29, 1.82) is 0 Å². The number of fused-ring (bicyclic) bond motifs is 1. The summed E-state index contributed by atoms with van der Waals surface area (Å²) in [5, 5.41) is 0. The molecular weight excluding hydrogens is 326 g/mol. The molecular formula is C18H25NO4S. The van der Waals surface area contributed by atoms with Gasteiger partial charge in [-0.1, -0.05) is 13.0 Å². The third-order valence-corrected chi connectivity index (χ3v) is 6.62. The molecule has 6 heteroatoms. The fourth-order valence-corrected chi connectivity index (χ4v) is 5.37. The van der Waals surface area contributed by atoms with E-state index in [9.17, 15) is 13.2 Å². The van der Waals surface area contributed by atoms with E-state index >= 15 is 0 Å². The Morgan fingerprint density at radius 2 is 2.08 bits per heavy atom. The van der Waals surface area contributed by atoms with Gasteiger partial charge in [0, 0.05) is 12.6 Å². The van der Waals surface area contributed by atoms with E-state index in [1.807, 2.05) is 19.1 Å². The molecule has 0 spiro atoms. The third kappa shape index (κ3) is 3.91. The monoisotopic (exact) mass is 351 g/mol. The predicted molar refractivity (Wildman–Crippen MR) is 93.0 cm³/mol. The maximum atomic E-state index is 12.5. The van der Waals surface area contributed by atoms with E-state index in [0.29, 0.717) is 13.0 Å². The van der Waals surface area contributed by atoms with Gasteiger partial charge in [0.05, 0.1) is 11.5 Å². The number of sulfone groups is 1. The summed E-state index contributed by atoms with van der Waals surface area (Å²) in [4.78, 5) is 14.2. The number of rotatable bonds is 6. The van der Waals surface area contributed by atoms with Gasteiger partial charge < -0.3 is 9.64 Å². The Kier molecular flexibility index (Phi) is 5.13. The smallest absolute Gasteiger partial charge is 0.260 e. The Labute approximate surface area is 143 Å². The van der Waals surface area contributed by atoms with Gasteiger partial charge in [0.2, 0.25) is 0 Å². The molecule has 1 aliphatic carbocycles. The number of aryl methyl sites for hydroxylation is 2. The van der Waals surface area contributed by atoms with Crippen molar-refractivity contribution in [2.24, 2.45) is 0 Å². The van der Waals surface area contributed by atoms with Crippen molar-refractivity contribution in [1.82, 2.24) is 4.90 Å². The number of hydrogen-bond donors (Lipinski definition) is 0. The number of carbonyl (C=O) groups excluding carboxylic acids is 1. The van der Waals surface area contributed by atoms with Crippen LogP contribution >= 0.6 is 0 Å². The average Bonchev–Trinajstić information content (AvgIpc) is 3.15. The maximum Gasteiger partial charge on any atom is 0.260 e. The van der Waals surface area contributed by atoms with Crippen molar-refractivity contribution >= 4 is 15.7 Å². The lowest BCUT2D eigenvalue weighted by atomic mass is 10.1. The number of carbonyl (C=O) groups is 1. The Morgan fingerprint density at radius 1 is 1.29 bits per heavy atom. The SMILES string of the molecule is CCCN(C(=O)COc1ccc2c(c1)CCC2)C1CCS(=O)(=O)C1. The van der Waals surface area contributed by atoms with E-state index in [0.717, 1.165) is 25.0 Å². The molecule has 1 amide bonds. The van der Waals surface area contributed by atoms with Gasteiger partial charge in [0.1, 0.15) is 5.75 Å². The fourth-order valence-electron chi connectivity index (χ4n) is 3.64. The summed E-state index contributed by atoms with van der Waals surface area (Å²) in [6.45, 7) is 2.53. The number of benzene rings is 1. The van der Waals surface area contributed by atoms with Gasteiger partial charge in [-0.2, -0.15) is 0 Å². The van der Waals surface area contributed by atoms with Gasteiger partial charge >= 0.3 is 0 Å². The topological polar surface area (TPSA) is 63.7 Å². The van der Waals surface area contributed by atoms with E-state index in [1.54, 1.807) is 4.90 Å². The number of amides is 1. The minimum absolute atomic E-state index is 0.0324. The van der Waals surface area contributed by atoms with Crippen LogP contribution in [0, 0.1) is 0 Å². The summed E-state index contributed by atoms with van der Waals surface area (Å²) in [7, 11) is -3.00. The lowest BCUT2D eigenvalue weighted by Crippen LogP contribution is -2.44. The van der Waals surface area contributed by atoms with Gasteiger partial charge in [0.25, 0.3) is 5.91 Å². The number of hydrogen-bond acceptors (Lipinski definition) is 4. The first-order valence-electron chi connectivity index (χ1n) is 8.73. The molecule has 1 fully saturated rings. The van der Waals surface area contributed by atoms with Crippen LogP contribution in [-0.4, -0.2) is 49.9 Å². The molecule has 5 nitrogen and oxygen atoms in total. The fraction of sp³-hybridized carbons (Fsp3) is 0.611. The number of ether oxygens (including phenoxy) is 1. The van der Waals surface area contributed by atoms with Crippen LogP contribution in [0.5, 0.6) is 5.75 Å². The summed E-state index contributed by atoms with van der Waals surface area (Å²) in [5.74, 6) is 0.855. The summed E-state index contributed by atoms with van der Waals surface area (Å²) in [6.07, 6.45) is 4.71. The van der Waals surface area contributed by atoms with Crippen molar-refractivity contribution in [2.75, 3.05) is 24.7 Å². The molecule has 1 saturated heterocycles. The molecule has 0 N–H and O–H groups in total. The largest absolute Gasteiger partial charge is 0.484 e. The zero-order valence-electron chi connectivity index (χ0n) is 14.2. The highest BCUT2D eigenvalue weighted by molar-refractivity contribution is 7.91. The predicted octanol–water partition coefficient (Wildman–Crippen LogP) is 1.98. The van der Waals surface area contributed by atoms with Crippen LogP contribution in [0.2, 0.25) is 0 Å². The molecule has 1 atom stereocenters. The molecule has 0 bridgehead atoms. The van der Waals surface area contributed by atoms with E-state index in [4.69, 9.17) is 4.74 Å².